The summed E-state index contributed by atoms with van der Waals surface area (Å²) in [4.78, 5) is 26.1. The first-order valence-corrected chi connectivity index (χ1v) is 9.73. The molecule has 0 saturated heterocycles. The lowest BCUT2D eigenvalue weighted by atomic mass is 10.1. The van der Waals surface area contributed by atoms with Gasteiger partial charge in [0, 0.05) is 12.1 Å². The van der Waals surface area contributed by atoms with Crippen molar-refractivity contribution in [1.29, 1.82) is 0 Å². The predicted octanol–water partition coefficient (Wildman–Crippen LogP) is 4.54. The molecule has 8 heteroatoms. The molecule has 2 aromatic rings. The van der Waals surface area contributed by atoms with Crippen LogP contribution in [0, 0.1) is 0 Å². The van der Waals surface area contributed by atoms with Crippen LogP contribution in [0.4, 0.5) is 15.4 Å². The highest BCUT2D eigenvalue weighted by Gasteiger charge is 2.33. The first-order chi connectivity index (χ1) is 13.9. The Balaban J connectivity index is 2.35. The number of imide groups is 1. The van der Waals surface area contributed by atoms with Gasteiger partial charge in [-0.2, -0.15) is 4.90 Å². The van der Waals surface area contributed by atoms with Crippen LogP contribution in [0.2, 0.25) is 0 Å². The topological polar surface area (TPSA) is 93.7 Å². The number of nitrogens with zero attached hydrogens (tertiary/aromatic N) is 3. The largest absolute Gasteiger partial charge is 0.443 e. The van der Waals surface area contributed by atoms with Gasteiger partial charge in [0.1, 0.15) is 11.2 Å². The monoisotopic (exact) mass is 414 g/mol. The normalized spacial score (nSPS) is 11.7. The van der Waals surface area contributed by atoms with Crippen molar-refractivity contribution in [2.24, 2.45) is 0 Å². The van der Waals surface area contributed by atoms with Crippen molar-refractivity contribution in [3.63, 3.8) is 0 Å². The highest BCUT2D eigenvalue weighted by molar-refractivity contribution is 6.08. The molecule has 1 aromatic heterocycles. The van der Waals surface area contributed by atoms with Gasteiger partial charge in [0.15, 0.2) is 5.82 Å². The molecular weight excluding hydrogens is 384 g/mol. The maximum atomic E-state index is 12.7. The fourth-order valence-corrected chi connectivity index (χ4v) is 2.52. The first kappa shape index (κ1) is 23.3. The van der Waals surface area contributed by atoms with Crippen LogP contribution in [0.5, 0.6) is 0 Å². The number of carbonyl (C=O) groups excluding carboxylic acids is 2. The number of hydrogen-bond acceptors (Lipinski definition) is 7. The van der Waals surface area contributed by atoms with Crippen LogP contribution in [0.15, 0.2) is 36.4 Å². The Hall–Kier alpha value is -3.00. The molecule has 0 spiro atoms. The van der Waals surface area contributed by atoms with Crippen molar-refractivity contribution in [3.8, 4) is 11.3 Å². The minimum absolute atomic E-state index is 0.0219. The average molecular weight is 415 g/mol. The minimum Gasteiger partial charge on any atom is -0.443 e. The zero-order chi connectivity index (χ0) is 22.5. The van der Waals surface area contributed by atoms with Crippen LogP contribution in [0.3, 0.4) is 0 Å². The van der Waals surface area contributed by atoms with E-state index < -0.39 is 23.4 Å². The number of nitrogens with one attached hydrogen (secondary N) is 1. The molecule has 0 bridgehead atoms. The average Bonchev–Trinajstić information content (AvgIpc) is 2.60. The van der Waals surface area contributed by atoms with Gasteiger partial charge in [-0.1, -0.05) is 18.2 Å². The van der Waals surface area contributed by atoms with Crippen LogP contribution in [-0.4, -0.2) is 40.6 Å². The quantitative estimate of drug-likeness (QED) is 0.785. The predicted molar refractivity (Wildman–Crippen MR) is 115 cm³/mol. The lowest BCUT2D eigenvalue weighted by molar-refractivity contribution is 0.0428. The molecule has 8 nitrogen and oxygen atoms in total. The van der Waals surface area contributed by atoms with E-state index >= 15 is 0 Å². The summed E-state index contributed by atoms with van der Waals surface area (Å²) in [6.45, 7) is 11.0. The molecule has 30 heavy (non-hydrogen) atoms. The molecule has 1 heterocycles. The molecule has 0 aliphatic rings. The van der Waals surface area contributed by atoms with Crippen LogP contribution in [0.25, 0.3) is 11.3 Å². The van der Waals surface area contributed by atoms with Gasteiger partial charge in [0.05, 0.1) is 5.69 Å². The van der Waals surface area contributed by atoms with E-state index in [1.807, 2.05) is 31.3 Å². The summed E-state index contributed by atoms with van der Waals surface area (Å²) in [5, 5.41) is 11.4. The SMILES string of the molecule is CNCc1cccc(-c2ccc(N(C(=O)OC(C)(C)C)C(=O)OC(C)(C)C)nn2)c1. The smallest absolute Gasteiger partial charge is 0.425 e. The van der Waals surface area contributed by atoms with Crippen molar-refractivity contribution in [1.82, 2.24) is 15.5 Å². The van der Waals surface area contributed by atoms with Crippen molar-refractivity contribution >= 4 is 18.0 Å². The van der Waals surface area contributed by atoms with Gasteiger partial charge >= 0.3 is 12.2 Å². The molecule has 1 N–H and O–H groups in total. The highest BCUT2D eigenvalue weighted by atomic mass is 16.6. The molecule has 0 aliphatic carbocycles. The van der Waals surface area contributed by atoms with Crippen molar-refractivity contribution < 1.29 is 19.1 Å². The molecule has 2 amide bonds. The van der Waals surface area contributed by atoms with Gasteiger partial charge in [-0.3, -0.25) is 0 Å². The highest BCUT2D eigenvalue weighted by Crippen LogP contribution is 2.23. The second kappa shape index (κ2) is 9.21. The van der Waals surface area contributed by atoms with Crippen molar-refractivity contribution in [2.75, 3.05) is 11.9 Å². The first-order valence-electron chi connectivity index (χ1n) is 9.73. The Labute approximate surface area is 177 Å². The Kier molecular flexibility index (Phi) is 7.15. The molecule has 0 unspecified atom stereocenters. The number of carbonyl (C=O) groups is 2. The minimum atomic E-state index is -0.880. The van der Waals surface area contributed by atoms with E-state index in [2.05, 4.69) is 15.5 Å². The Morgan fingerprint density at radius 1 is 0.933 bits per heavy atom. The molecule has 2 rings (SSSR count). The molecule has 162 valence electrons. The van der Waals surface area contributed by atoms with Crippen molar-refractivity contribution in [3.05, 3.63) is 42.0 Å². The third-order valence-electron chi connectivity index (χ3n) is 3.64. The van der Waals surface area contributed by atoms with Crippen LogP contribution in [0.1, 0.15) is 47.1 Å². The molecular formula is C22H30N4O4. The van der Waals surface area contributed by atoms with Crippen molar-refractivity contribution in [2.45, 2.75) is 59.3 Å². The molecule has 1 aromatic carbocycles. The number of aromatic nitrogens is 2. The van der Waals surface area contributed by atoms with Gasteiger partial charge in [-0.25, -0.2) is 9.59 Å². The molecule has 0 fully saturated rings. The number of amides is 2. The van der Waals surface area contributed by atoms with E-state index in [-0.39, 0.29) is 5.82 Å². The number of rotatable bonds is 4. The third kappa shape index (κ3) is 6.81. The van der Waals surface area contributed by atoms with Crippen LogP contribution in [-0.2, 0) is 16.0 Å². The second-order valence-electron chi connectivity index (χ2n) is 8.80. The van der Waals surface area contributed by atoms with E-state index in [1.165, 1.54) is 0 Å². The fraction of sp³-hybridized carbons (Fsp3) is 0.455. The zero-order valence-electron chi connectivity index (χ0n) is 18.6. The zero-order valence-corrected chi connectivity index (χ0v) is 18.6. The van der Waals surface area contributed by atoms with Crippen LogP contribution >= 0.6 is 0 Å². The van der Waals surface area contributed by atoms with Gasteiger partial charge in [-0.05, 0) is 72.4 Å². The van der Waals surface area contributed by atoms with Gasteiger partial charge in [0.25, 0.3) is 0 Å². The van der Waals surface area contributed by atoms with Crippen LogP contribution < -0.4 is 10.2 Å². The van der Waals surface area contributed by atoms with E-state index in [0.717, 1.165) is 22.6 Å². The van der Waals surface area contributed by atoms with E-state index in [1.54, 1.807) is 53.7 Å². The van der Waals surface area contributed by atoms with Gasteiger partial charge in [-0.15, -0.1) is 10.2 Å². The van der Waals surface area contributed by atoms with E-state index in [9.17, 15) is 9.59 Å². The number of ether oxygens (including phenoxy) is 2. The Morgan fingerprint density at radius 2 is 1.53 bits per heavy atom. The molecule has 0 saturated carbocycles. The maximum absolute atomic E-state index is 12.7. The third-order valence-corrected chi connectivity index (χ3v) is 3.64. The van der Waals surface area contributed by atoms with E-state index in [0.29, 0.717) is 5.69 Å². The summed E-state index contributed by atoms with van der Waals surface area (Å²) in [5.74, 6) is 0.0219. The lowest BCUT2D eigenvalue weighted by Gasteiger charge is -2.27. The fourth-order valence-electron chi connectivity index (χ4n) is 2.52. The van der Waals surface area contributed by atoms with E-state index in [4.69, 9.17) is 9.47 Å². The number of anilines is 1. The summed E-state index contributed by atoms with van der Waals surface area (Å²) in [6.07, 6.45) is -1.76. The lowest BCUT2D eigenvalue weighted by Crippen LogP contribution is -2.44. The summed E-state index contributed by atoms with van der Waals surface area (Å²) in [5.41, 5.74) is 1.01. The Bertz CT molecular complexity index is 855. The Morgan fingerprint density at radius 3 is 2.00 bits per heavy atom. The standard InChI is InChI=1S/C22H30N4O4/c1-21(2,3)29-19(27)26(20(28)30-22(4,5)6)18-12-11-17(24-25-18)16-10-8-9-15(13-16)14-23-7/h8-13,23H,14H2,1-7H3. The number of hydrogen-bond donors (Lipinski definition) is 1. The number of benzene rings is 1. The maximum Gasteiger partial charge on any atom is 0.425 e. The van der Waals surface area contributed by atoms with Gasteiger partial charge in [0.2, 0.25) is 0 Å². The summed E-state index contributed by atoms with van der Waals surface area (Å²) in [6, 6.07) is 11.1. The second-order valence-corrected chi connectivity index (χ2v) is 8.80. The molecule has 0 aliphatic heterocycles. The summed E-state index contributed by atoms with van der Waals surface area (Å²) >= 11 is 0. The summed E-state index contributed by atoms with van der Waals surface area (Å²) < 4.78 is 10.7. The molecule has 0 atom stereocenters. The molecule has 0 radical (unpaired) electrons. The summed E-state index contributed by atoms with van der Waals surface area (Å²) in [7, 11) is 1.88. The van der Waals surface area contributed by atoms with Gasteiger partial charge < -0.3 is 14.8 Å².